The fraction of sp³-hybridized carbons (Fsp3) is 0.836. The van der Waals surface area contributed by atoms with Gasteiger partial charge in [0.05, 0.1) is 40.3 Å². The van der Waals surface area contributed by atoms with Gasteiger partial charge < -0.3 is 33.3 Å². The molecule has 0 aromatic rings. The van der Waals surface area contributed by atoms with Crippen LogP contribution in [0.15, 0.2) is 36.5 Å². The second-order valence-electron chi connectivity index (χ2n) is 19.1. The number of quaternary nitrogens is 1. The minimum atomic E-state index is -1.62. The molecule has 9 nitrogen and oxygen atoms in total. The van der Waals surface area contributed by atoms with Crippen LogP contribution in [0.25, 0.3) is 0 Å². The van der Waals surface area contributed by atoms with Crippen LogP contribution in [0.1, 0.15) is 239 Å². The predicted octanol–water partition coefficient (Wildman–Crippen LogP) is 13.6. The molecule has 64 heavy (non-hydrogen) atoms. The number of carboxylic acids is 1. The summed E-state index contributed by atoms with van der Waals surface area (Å²) >= 11 is 0. The lowest BCUT2D eigenvalue weighted by atomic mass is 10.0. The largest absolute Gasteiger partial charge is 0.545 e. The Morgan fingerprint density at radius 3 is 1.33 bits per heavy atom. The lowest BCUT2D eigenvalue weighted by Gasteiger charge is -2.26. The van der Waals surface area contributed by atoms with E-state index in [0.717, 1.165) is 70.6 Å². The Labute approximate surface area is 394 Å². The van der Waals surface area contributed by atoms with Crippen molar-refractivity contribution >= 4 is 17.9 Å². The highest BCUT2D eigenvalue weighted by atomic mass is 16.7. The molecule has 0 rings (SSSR count). The van der Waals surface area contributed by atoms with E-state index < -0.39 is 24.3 Å². The van der Waals surface area contributed by atoms with E-state index in [1.54, 1.807) is 0 Å². The van der Waals surface area contributed by atoms with Crippen molar-refractivity contribution in [2.24, 2.45) is 0 Å². The minimum Gasteiger partial charge on any atom is -0.545 e. The van der Waals surface area contributed by atoms with Gasteiger partial charge in [-0.3, -0.25) is 9.59 Å². The van der Waals surface area contributed by atoms with Gasteiger partial charge in [-0.05, 0) is 44.9 Å². The highest BCUT2D eigenvalue weighted by molar-refractivity contribution is 5.70. The summed E-state index contributed by atoms with van der Waals surface area (Å²) in [5.41, 5.74) is 0. The van der Waals surface area contributed by atoms with Gasteiger partial charge in [0.2, 0.25) is 0 Å². The normalized spacial score (nSPS) is 13.1. The van der Waals surface area contributed by atoms with Gasteiger partial charge in [0.25, 0.3) is 0 Å². The van der Waals surface area contributed by atoms with Crippen molar-refractivity contribution in [1.29, 1.82) is 0 Å². The molecule has 0 amide bonds. The molecule has 0 bridgehead atoms. The zero-order valence-electron chi connectivity index (χ0n) is 42.4. The molecule has 0 aliphatic heterocycles. The first-order valence-corrected chi connectivity index (χ1v) is 26.6. The van der Waals surface area contributed by atoms with Crippen molar-refractivity contribution in [1.82, 2.24) is 0 Å². The average molecular weight is 904 g/mol. The van der Waals surface area contributed by atoms with Gasteiger partial charge in [-0.15, -0.1) is 0 Å². The number of hydrogen-bond donors (Lipinski definition) is 0. The van der Waals surface area contributed by atoms with Crippen LogP contribution in [-0.4, -0.2) is 82.3 Å². The van der Waals surface area contributed by atoms with Crippen molar-refractivity contribution in [2.45, 2.75) is 251 Å². The number of carboxylic acid groups (broad SMARTS) is 1. The molecule has 0 saturated heterocycles. The van der Waals surface area contributed by atoms with Crippen molar-refractivity contribution in [2.75, 3.05) is 47.5 Å². The maximum absolute atomic E-state index is 12.8. The van der Waals surface area contributed by atoms with Crippen LogP contribution in [0.4, 0.5) is 0 Å². The third-order valence-corrected chi connectivity index (χ3v) is 11.7. The van der Waals surface area contributed by atoms with E-state index in [1.807, 2.05) is 21.1 Å². The number of hydrogen-bond acceptors (Lipinski definition) is 8. The van der Waals surface area contributed by atoms with Gasteiger partial charge in [0, 0.05) is 12.8 Å². The number of esters is 2. The minimum absolute atomic E-state index is 0.145. The van der Waals surface area contributed by atoms with Crippen molar-refractivity contribution in [3.05, 3.63) is 36.5 Å². The lowest BCUT2D eigenvalue weighted by molar-refractivity contribution is -0.870. The van der Waals surface area contributed by atoms with Crippen molar-refractivity contribution in [3.63, 3.8) is 0 Å². The second kappa shape index (κ2) is 47.0. The Kier molecular flexibility index (Phi) is 45.2. The number of carbonyl (C=O) groups is 3. The molecule has 0 aromatic heterocycles. The van der Waals surface area contributed by atoms with E-state index in [-0.39, 0.29) is 32.2 Å². The Hall–Kier alpha value is -2.49. The smallest absolute Gasteiger partial charge is 0.306 e. The zero-order chi connectivity index (χ0) is 47.0. The van der Waals surface area contributed by atoms with Crippen molar-refractivity contribution in [3.8, 4) is 0 Å². The molecular weight excluding hydrogens is 803 g/mol. The number of likely N-dealkylation sites (N-methyl/N-ethyl adjacent to an activating group) is 1. The second-order valence-corrected chi connectivity index (χ2v) is 19.1. The number of nitrogens with zero attached hydrogens (tertiary/aromatic N) is 1. The third kappa shape index (κ3) is 47.5. The molecule has 0 aliphatic rings. The molecule has 0 N–H and O–H groups in total. The standard InChI is InChI=1S/C55H101NO8/c1-6-8-10-12-14-16-18-20-22-23-24-25-26-27-28-29-30-32-33-35-37-39-41-43-45-52(57)62-49-51(50-63-55(54(59)60)61-48-47-56(3,4)5)64-53(58)46-44-42-40-38-36-34-31-21-19-17-15-13-11-9-7-2/h9,11,15,17,21,31,51,55H,6-8,10,12-14,16,18-20,22-30,32-50H2,1-5H3/b11-9-,17-15-,31-21-. The Morgan fingerprint density at radius 2 is 0.891 bits per heavy atom. The highest BCUT2D eigenvalue weighted by Crippen LogP contribution is 2.17. The highest BCUT2D eigenvalue weighted by Gasteiger charge is 2.22. The number of allylic oxidation sites excluding steroid dienone is 6. The summed E-state index contributed by atoms with van der Waals surface area (Å²) in [4.78, 5) is 37.1. The first-order chi connectivity index (χ1) is 31.1. The van der Waals surface area contributed by atoms with Gasteiger partial charge >= 0.3 is 11.9 Å². The molecule has 0 aromatic carbocycles. The topological polar surface area (TPSA) is 111 Å². The Morgan fingerprint density at radius 1 is 0.484 bits per heavy atom. The number of unbranched alkanes of at least 4 members (excludes halogenated alkanes) is 28. The number of ether oxygens (including phenoxy) is 4. The van der Waals surface area contributed by atoms with Gasteiger partial charge in [-0.25, -0.2) is 0 Å². The summed E-state index contributed by atoms with van der Waals surface area (Å²) in [6.07, 6.45) is 51.9. The van der Waals surface area contributed by atoms with Crippen LogP contribution in [0.3, 0.4) is 0 Å². The van der Waals surface area contributed by atoms with E-state index in [2.05, 4.69) is 50.3 Å². The van der Waals surface area contributed by atoms with E-state index >= 15 is 0 Å². The Bertz CT molecular complexity index is 1150. The number of carbonyl (C=O) groups excluding carboxylic acids is 3. The van der Waals surface area contributed by atoms with E-state index in [9.17, 15) is 19.5 Å². The van der Waals surface area contributed by atoms with Crippen LogP contribution in [0.5, 0.6) is 0 Å². The quantitative estimate of drug-likeness (QED) is 0.0195. The molecule has 0 heterocycles. The predicted molar refractivity (Wildman–Crippen MR) is 265 cm³/mol. The summed E-state index contributed by atoms with van der Waals surface area (Å²) < 4.78 is 22.6. The maximum atomic E-state index is 12.8. The van der Waals surface area contributed by atoms with Gasteiger partial charge in [-0.1, -0.05) is 217 Å². The fourth-order valence-electron chi connectivity index (χ4n) is 7.55. The molecule has 374 valence electrons. The molecule has 9 heteroatoms. The monoisotopic (exact) mass is 904 g/mol. The lowest BCUT2D eigenvalue weighted by Crippen LogP contribution is -2.44. The molecule has 0 aliphatic carbocycles. The van der Waals surface area contributed by atoms with Crippen LogP contribution in [0, 0.1) is 0 Å². The summed E-state index contributed by atoms with van der Waals surface area (Å²) in [6.45, 7) is 4.64. The SMILES string of the molecule is CC/C=C\C/C=C\C/C=C\CCCCCCCC(=O)OC(COC(=O)CCCCCCCCCCCCCCCCCCCCCCCCCC)COC(OCC[N+](C)(C)C)C(=O)[O-]. The maximum Gasteiger partial charge on any atom is 0.306 e. The summed E-state index contributed by atoms with van der Waals surface area (Å²) in [6, 6.07) is 0. The zero-order valence-corrected chi connectivity index (χ0v) is 42.4. The van der Waals surface area contributed by atoms with Crippen LogP contribution >= 0.6 is 0 Å². The van der Waals surface area contributed by atoms with E-state index in [1.165, 1.54) is 135 Å². The first kappa shape index (κ1) is 61.5. The van der Waals surface area contributed by atoms with Gasteiger partial charge in [0.15, 0.2) is 12.4 Å². The summed E-state index contributed by atoms with van der Waals surface area (Å²) in [5, 5.41) is 11.7. The van der Waals surface area contributed by atoms with Crippen LogP contribution < -0.4 is 5.11 Å². The van der Waals surface area contributed by atoms with Gasteiger partial charge in [0.1, 0.15) is 13.2 Å². The van der Waals surface area contributed by atoms with E-state index in [4.69, 9.17) is 18.9 Å². The Balaban J connectivity index is 4.23. The summed E-state index contributed by atoms with van der Waals surface area (Å²) in [5.74, 6) is -2.30. The molecule has 2 atom stereocenters. The molecular formula is C55H101NO8. The fourth-order valence-corrected chi connectivity index (χ4v) is 7.55. The van der Waals surface area contributed by atoms with Gasteiger partial charge in [-0.2, -0.15) is 0 Å². The molecule has 0 saturated carbocycles. The summed E-state index contributed by atoms with van der Waals surface area (Å²) in [7, 11) is 5.91. The van der Waals surface area contributed by atoms with Crippen LogP contribution in [0.2, 0.25) is 0 Å². The molecule has 2 unspecified atom stereocenters. The van der Waals surface area contributed by atoms with E-state index in [0.29, 0.717) is 23.9 Å². The third-order valence-electron chi connectivity index (χ3n) is 11.7. The molecule has 0 fully saturated rings. The average Bonchev–Trinajstić information content (AvgIpc) is 3.26. The first-order valence-electron chi connectivity index (χ1n) is 26.6. The van der Waals surface area contributed by atoms with Crippen LogP contribution in [-0.2, 0) is 33.3 Å². The van der Waals surface area contributed by atoms with Crippen molar-refractivity contribution < 1.29 is 42.9 Å². The molecule has 0 spiro atoms. The molecule has 0 radical (unpaired) electrons. The number of aliphatic carboxylic acids is 1. The number of rotatable bonds is 49.